The number of aliphatic hydroxyl groups is 2. The number of carbonyl (C=O) groups excluding carboxylic acids is 1. The quantitative estimate of drug-likeness (QED) is 0.0242. The SMILES string of the molecule is CCC/C=C/CC/C=C/C(O)C(COP(=O)(O)OCCN)NC(=O)CC(O)CCCCCCCCCCCCCCCCCCCCCC. The minimum absolute atomic E-state index is 0.0452. The molecule has 9 nitrogen and oxygen atoms in total. The third-order valence-electron chi connectivity index (χ3n) is 8.82. The van der Waals surface area contributed by atoms with Crippen LogP contribution < -0.4 is 11.1 Å². The van der Waals surface area contributed by atoms with Crippen LogP contribution in [0.3, 0.4) is 0 Å². The van der Waals surface area contributed by atoms with E-state index in [1.807, 2.05) is 0 Å². The fraction of sp³-hybridized carbons (Fsp3) is 0.872. The number of carbonyl (C=O) groups is 1. The molecule has 0 aromatic rings. The number of allylic oxidation sites excluding steroid dienone is 3. The Morgan fingerprint density at radius 3 is 1.65 bits per heavy atom. The predicted molar refractivity (Wildman–Crippen MR) is 204 cm³/mol. The molecule has 0 bridgehead atoms. The highest BCUT2D eigenvalue weighted by Gasteiger charge is 2.27. The molecular weight excluding hydrogens is 639 g/mol. The summed E-state index contributed by atoms with van der Waals surface area (Å²) in [5.74, 6) is -0.458. The number of nitrogens with two attached hydrogens (primary N) is 1. The van der Waals surface area contributed by atoms with Crippen LogP contribution in [0.25, 0.3) is 0 Å². The maximum Gasteiger partial charge on any atom is 0.472 e. The summed E-state index contributed by atoms with van der Waals surface area (Å²) in [4.78, 5) is 22.6. The molecule has 6 N–H and O–H groups in total. The number of rotatable bonds is 37. The van der Waals surface area contributed by atoms with Crippen molar-refractivity contribution in [3.05, 3.63) is 24.3 Å². The van der Waals surface area contributed by atoms with E-state index in [4.69, 9.17) is 14.8 Å². The van der Waals surface area contributed by atoms with Crippen molar-refractivity contribution in [2.24, 2.45) is 5.73 Å². The zero-order valence-corrected chi connectivity index (χ0v) is 32.4. The molecule has 0 spiro atoms. The number of hydrogen-bond acceptors (Lipinski definition) is 7. The Hall–Kier alpha value is -1.06. The lowest BCUT2D eigenvalue weighted by Crippen LogP contribution is -2.46. The molecular formula is C39H77N2O7P. The number of amides is 1. The summed E-state index contributed by atoms with van der Waals surface area (Å²) in [7, 11) is -4.39. The summed E-state index contributed by atoms with van der Waals surface area (Å²) in [6.07, 6.45) is 35.9. The average molecular weight is 717 g/mol. The van der Waals surface area contributed by atoms with Gasteiger partial charge in [-0.3, -0.25) is 13.8 Å². The molecule has 0 heterocycles. The molecule has 49 heavy (non-hydrogen) atoms. The van der Waals surface area contributed by atoms with Gasteiger partial charge in [-0.15, -0.1) is 0 Å². The van der Waals surface area contributed by atoms with Crippen molar-refractivity contribution in [3.63, 3.8) is 0 Å². The number of hydrogen-bond donors (Lipinski definition) is 5. The van der Waals surface area contributed by atoms with E-state index in [1.165, 1.54) is 109 Å². The minimum Gasteiger partial charge on any atom is -0.393 e. The van der Waals surface area contributed by atoms with Crippen LogP contribution in [0.1, 0.15) is 181 Å². The van der Waals surface area contributed by atoms with Gasteiger partial charge in [0.2, 0.25) is 5.91 Å². The summed E-state index contributed by atoms with van der Waals surface area (Å²) < 4.78 is 21.9. The highest BCUT2D eigenvalue weighted by atomic mass is 31.2. The van der Waals surface area contributed by atoms with Gasteiger partial charge in [0, 0.05) is 6.54 Å². The Morgan fingerprint density at radius 2 is 1.16 bits per heavy atom. The van der Waals surface area contributed by atoms with Gasteiger partial charge in [0.15, 0.2) is 0 Å². The molecule has 4 unspecified atom stereocenters. The van der Waals surface area contributed by atoms with E-state index >= 15 is 0 Å². The van der Waals surface area contributed by atoms with Crippen molar-refractivity contribution in [1.29, 1.82) is 0 Å². The molecule has 0 fully saturated rings. The lowest BCUT2D eigenvalue weighted by atomic mass is 10.0. The molecule has 4 atom stereocenters. The normalized spacial score (nSPS) is 15.1. The van der Waals surface area contributed by atoms with Gasteiger partial charge in [-0.25, -0.2) is 4.57 Å². The van der Waals surface area contributed by atoms with Crippen molar-refractivity contribution >= 4 is 13.7 Å². The second kappa shape index (κ2) is 35.3. The highest BCUT2D eigenvalue weighted by molar-refractivity contribution is 7.47. The Bertz CT molecular complexity index is 842. The smallest absolute Gasteiger partial charge is 0.393 e. The summed E-state index contributed by atoms with van der Waals surface area (Å²) >= 11 is 0. The van der Waals surface area contributed by atoms with Gasteiger partial charge in [0.1, 0.15) is 0 Å². The van der Waals surface area contributed by atoms with E-state index in [0.717, 1.165) is 38.5 Å². The van der Waals surface area contributed by atoms with Gasteiger partial charge >= 0.3 is 7.82 Å². The molecule has 0 aliphatic heterocycles. The second-order valence-corrected chi connectivity index (χ2v) is 15.1. The van der Waals surface area contributed by atoms with Crippen LogP contribution in [-0.2, 0) is 18.4 Å². The lowest BCUT2D eigenvalue weighted by molar-refractivity contribution is -0.124. The topological polar surface area (TPSA) is 151 Å². The maximum atomic E-state index is 12.7. The molecule has 290 valence electrons. The van der Waals surface area contributed by atoms with Crippen LogP contribution >= 0.6 is 7.82 Å². The Balaban J connectivity index is 4.11. The Kier molecular flexibility index (Phi) is 34.6. The van der Waals surface area contributed by atoms with Crippen LogP contribution in [0.15, 0.2) is 24.3 Å². The summed E-state index contributed by atoms with van der Waals surface area (Å²) in [5, 5.41) is 23.8. The third kappa shape index (κ3) is 33.8. The number of unbranched alkanes of at least 4 members (excludes halogenated alkanes) is 21. The van der Waals surface area contributed by atoms with Crippen molar-refractivity contribution in [3.8, 4) is 0 Å². The largest absolute Gasteiger partial charge is 0.472 e. The lowest BCUT2D eigenvalue weighted by Gasteiger charge is -2.24. The molecule has 0 aliphatic carbocycles. The van der Waals surface area contributed by atoms with E-state index in [0.29, 0.717) is 12.8 Å². The number of aliphatic hydroxyl groups excluding tert-OH is 2. The molecule has 0 aliphatic rings. The van der Waals surface area contributed by atoms with Crippen molar-refractivity contribution in [1.82, 2.24) is 5.32 Å². The van der Waals surface area contributed by atoms with Crippen molar-refractivity contribution in [2.75, 3.05) is 19.8 Å². The van der Waals surface area contributed by atoms with E-state index in [9.17, 15) is 24.5 Å². The molecule has 0 radical (unpaired) electrons. The van der Waals surface area contributed by atoms with Gasteiger partial charge in [0.25, 0.3) is 0 Å². The first-order chi connectivity index (χ1) is 23.8. The first-order valence-corrected chi connectivity index (χ1v) is 21.5. The van der Waals surface area contributed by atoms with Gasteiger partial charge < -0.3 is 26.2 Å². The van der Waals surface area contributed by atoms with Crippen LogP contribution in [0.5, 0.6) is 0 Å². The Morgan fingerprint density at radius 1 is 0.694 bits per heavy atom. The number of phosphoric acid groups is 1. The first-order valence-electron chi connectivity index (χ1n) is 20.0. The first kappa shape index (κ1) is 47.9. The van der Waals surface area contributed by atoms with Gasteiger partial charge in [0.05, 0.1) is 37.9 Å². The van der Waals surface area contributed by atoms with Gasteiger partial charge in [-0.1, -0.05) is 173 Å². The summed E-state index contributed by atoms with van der Waals surface area (Å²) in [5.41, 5.74) is 5.33. The predicted octanol–water partition coefficient (Wildman–Crippen LogP) is 9.58. The van der Waals surface area contributed by atoms with Gasteiger partial charge in [-0.05, 0) is 25.7 Å². The van der Waals surface area contributed by atoms with Crippen LogP contribution in [0, 0.1) is 0 Å². The van der Waals surface area contributed by atoms with E-state index in [1.54, 1.807) is 12.2 Å². The third-order valence-corrected chi connectivity index (χ3v) is 9.80. The fourth-order valence-electron chi connectivity index (χ4n) is 5.79. The number of phosphoric ester groups is 1. The van der Waals surface area contributed by atoms with E-state index < -0.39 is 38.6 Å². The molecule has 0 saturated heterocycles. The molecule has 0 aromatic heterocycles. The standard InChI is InChI=1S/C39H77N2O7P/c1-3-5-7-9-11-12-13-14-15-16-17-18-19-20-21-22-23-25-26-28-30-36(42)34-39(44)41-37(35-48-49(45,46)47-33-32-40)38(43)31-29-27-24-10-8-6-4-2/h8,10,29,31,36-38,42-43H,3-7,9,11-28,30,32-35,40H2,1-2H3,(H,41,44)(H,45,46)/b10-8+,31-29+. The fourth-order valence-corrected chi connectivity index (χ4v) is 6.55. The van der Waals surface area contributed by atoms with Crippen LogP contribution in [-0.4, -0.2) is 59.0 Å². The van der Waals surface area contributed by atoms with Crippen molar-refractivity contribution in [2.45, 2.75) is 199 Å². The van der Waals surface area contributed by atoms with E-state index in [-0.39, 0.29) is 19.6 Å². The molecule has 1 amide bonds. The zero-order valence-electron chi connectivity index (χ0n) is 31.5. The minimum atomic E-state index is -4.39. The maximum absolute atomic E-state index is 12.7. The molecule has 0 rings (SSSR count). The van der Waals surface area contributed by atoms with Gasteiger partial charge in [-0.2, -0.15) is 0 Å². The van der Waals surface area contributed by atoms with E-state index in [2.05, 4.69) is 31.3 Å². The number of nitrogens with one attached hydrogen (secondary N) is 1. The summed E-state index contributed by atoms with van der Waals surface area (Å²) in [6.45, 7) is 3.83. The molecule has 0 saturated carbocycles. The average Bonchev–Trinajstić information content (AvgIpc) is 3.07. The second-order valence-electron chi connectivity index (χ2n) is 13.7. The molecule has 0 aromatic carbocycles. The van der Waals surface area contributed by atoms with Crippen LogP contribution in [0.2, 0.25) is 0 Å². The van der Waals surface area contributed by atoms with Crippen LogP contribution in [0.4, 0.5) is 0 Å². The highest BCUT2D eigenvalue weighted by Crippen LogP contribution is 2.43. The Labute approximate surface area is 300 Å². The zero-order chi connectivity index (χ0) is 36.3. The summed E-state index contributed by atoms with van der Waals surface area (Å²) in [6, 6.07) is -0.992. The van der Waals surface area contributed by atoms with Crippen molar-refractivity contribution < 1.29 is 33.5 Å². The molecule has 10 heteroatoms. The monoisotopic (exact) mass is 717 g/mol.